The molecule has 2 aromatic rings. The van der Waals surface area contributed by atoms with E-state index in [1.54, 1.807) is 12.1 Å². The van der Waals surface area contributed by atoms with Crippen LogP contribution < -0.4 is 5.73 Å². The average Bonchev–Trinajstić information content (AvgIpc) is 2.33. The number of benzene rings is 2. The number of anilines is 1. The Balaban J connectivity index is 2.31. The number of hydrogen-bond acceptors (Lipinski definition) is 2. The highest BCUT2D eigenvalue weighted by Crippen LogP contribution is 2.21. The van der Waals surface area contributed by atoms with Crippen LogP contribution in [0.15, 0.2) is 40.9 Å². The van der Waals surface area contributed by atoms with Gasteiger partial charge in [0.05, 0.1) is 0 Å². The summed E-state index contributed by atoms with van der Waals surface area (Å²) in [5, 5.41) is 0. The maximum absolute atomic E-state index is 13.5. The molecule has 0 amide bonds. The van der Waals surface area contributed by atoms with Crippen LogP contribution in [0.5, 0.6) is 0 Å². The fourth-order valence-electron chi connectivity index (χ4n) is 1.74. The fraction of sp³-hybridized carbons (Fsp3) is 0.0714. The third-order valence-corrected chi connectivity index (χ3v) is 3.21. The van der Waals surface area contributed by atoms with Crippen molar-refractivity contribution >= 4 is 27.4 Å². The maximum Gasteiger partial charge on any atom is 0.169 e. The van der Waals surface area contributed by atoms with Gasteiger partial charge in [0.2, 0.25) is 0 Å². The molecule has 0 aromatic heterocycles. The van der Waals surface area contributed by atoms with Crippen molar-refractivity contribution < 1.29 is 13.6 Å². The van der Waals surface area contributed by atoms with Crippen molar-refractivity contribution in [3.63, 3.8) is 0 Å². The maximum atomic E-state index is 13.5. The van der Waals surface area contributed by atoms with Gasteiger partial charge in [0.25, 0.3) is 0 Å². The SMILES string of the molecule is Nc1cc(Br)ccc1C(=O)Cc1c(F)cccc1F. The molecule has 0 aliphatic rings. The number of rotatable bonds is 3. The van der Waals surface area contributed by atoms with E-state index in [9.17, 15) is 13.6 Å². The first-order valence-corrected chi connectivity index (χ1v) is 6.29. The molecule has 2 rings (SSSR count). The molecule has 0 unspecified atom stereocenters. The molecule has 0 aliphatic heterocycles. The summed E-state index contributed by atoms with van der Waals surface area (Å²) in [6.45, 7) is 0. The van der Waals surface area contributed by atoms with E-state index in [0.29, 0.717) is 0 Å². The van der Waals surface area contributed by atoms with E-state index < -0.39 is 17.4 Å². The van der Waals surface area contributed by atoms with E-state index in [0.717, 1.165) is 16.6 Å². The van der Waals surface area contributed by atoms with E-state index in [1.165, 1.54) is 12.1 Å². The van der Waals surface area contributed by atoms with Crippen LogP contribution in [0, 0.1) is 11.6 Å². The molecule has 0 spiro atoms. The van der Waals surface area contributed by atoms with Gasteiger partial charge in [-0.15, -0.1) is 0 Å². The largest absolute Gasteiger partial charge is 0.398 e. The zero-order valence-electron chi connectivity index (χ0n) is 9.79. The van der Waals surface area contributed by atoms with Gasteiger partial charge in [-0.2, -0.15) is 0 Å². The predicted molar refractivity (Wildman–Crippen MR) is 72.9 cm³/mol. The first-order valence-electron chi connectivity index (χ1n) is 5.50. The Labute approximate surface area is 117 Å². The summed E-state index contributed by atoms with van der Waals surface area (Å²) >= 11 is 3.22. The van der Waals surface area contributed by atoms with Crippen LogP contribution >= 0.6 is 15.9 Å². The average molecular weight is 326 g/mol. The molecule has 0 fully saturated rings. The highest BCUT2D eigenvalue weighted by molar-refractivity contribution is 9.10. The molecule has 0 radical (unpaired) electrons. The summed E-state index contributed by atoms with van der Waals surface area (Å²) < 4.78 is 27.7. The zero-order chi connectivity index (χ0) is 14.0. The van der Waals surface area contributed by atoms with Crippen LogP contribution in [-0.4, -0.2) is 5.78 Å². The number of Topliss-reactive ketones (excluding diaryl/α,β-unsaturated/α-hetero) is 1. The van der Waals surface area contributed by atoms with E-state index in [4.69, 9.17) is 5.73 Å². The molecule has 19 heavy (non-hydrogen) atoms. The number of nitrogens with two attached hydrogens (primary N) is 1. The second-order valence-corrected chi connectivity index (χ2v) is 4.95. The van der Waals surface area contributed by atoms with Crippen molar-refractivity contribution in [2.75, 3.05) is 5.73 Å². The second kappa shape index (κ2) is 5.48. The molecule has 0 atom stereocenters. The lowest BCUT2D eigenvalue weighted by Crippen LogP contribution is -2.09. The monoisotopic (exact) mass is 325 g/mol. The van der Waals surface area contributed by atoms with Crippen LogP contribution in [0.1, 0.15) is 15.9 Å². The second-order valence-electron chi connectivity index (χ2n) is 4.03. The number of carbonyl (C=O) groups excluding carboxylic acids is 1. The summed E-state index contributed by atoms with van der Waals surface area (Å²) in [5.74, 6) is -1.89. The van der Waals surface area contributed by atoms with Crippen molar-refractivity contribution in [1.82, 2.24) is 0 Å². The van der Waals surface area contributed by atoms with Gasteiger partial charge in [-0.25, -0.2) is 8.78 Å². The fourth-order valence-corrected chi connectivity index (χ4v) is 2.12. The van der Waals surface area contributed by atoms with Crippen LogP contribution in [-0.2, 0) is 6.42 Å². The highest BCUT2D eigenvalue weighted by Gasteiger charge is 2.16. The molecule has 0 heterocycles. The third kappa shape index (κ3) is 2.98. The van der Waals surface area contributed by atoms with Gasteiger partial charge in [-0.05, 0) is 30.3 Å². The number of ketones is 1. The Kier molecular flexibility index (Phi) is 3.95. The van der Waals surface area contributed by atoms with Gasteiger partial charge in [-0.3, -0.25) is 4.79 Å². The molecule has 5 heteroatoms. The lowest BCUT2D eigenvalue weighted by atomic mass is 10.0. The van der Waals surface area contributed by atoms with E-state index in [1.807, 2.05) is 0 Å². The normalized spacial score (nSPS) is 10.5. The highest BCUT2D eigenvalue weighted by atomic mass is 79.9. The standard InChI is InChI=1S/C14H10BrF2NO/c15-8-4-5-9(13(18)6-8)14(19)7-10-11(16)2-1-3-12(10)17/h1-6H,7,18H2. The summed E-state index contributed by atoms with van der Waals surface area (Å²) in [6, 6.07) is 8.26. The molecule has 0 saturated carbocycles. The van der Waals surface area contributed by atoms with Crippen LogP contribution in [0.25, 0.3) is 0 Å². The summed E-state index contributed by atoms with van der Waals surface area (Å²) in [5.41, 5.74) is 6.00. The zero-order valence-corrected chi connectivity index (χ0v) is 11.4. The molecule has 2 nitrogen and oxygen atoms in total. The molecule has 0 bridgehead atoms. The quantitative estimate of drug-likeness (QED) is 0.690. The lowest BCUT2D eigenvalue weighted by Gasteiger charge is -2.07. The summed E-state index contributed by atoms with van der Waals surface area (Å²) in [4.78, 5) is 12.0. The minimum Gasteiger partial charge on any atom is -0.398 e. The minimum absolute atomic E-state index is 0.241. The van der Waals surface area contributed by atoms with Crippen LogP contribution in [0.2, 0.25) is 0 Å². The topological polar surface area (TPSA) is 43.1 Å². The van der Waals surface area contributed by atoms with Crippen molar-refractivity contribution in [3.05, 3.63) is 63.6 Å². The molecule has 98 valence electrons. The Hall–Kier alpha value is -1.75. The molecule has 2 N–H and O–H groups in total. The lowest BCUT2D eigenvalue weighted by molar-refractivity contribution is 0.0991. The Bertz CT molecular complexity index is 623. The Morgan fingerprint density at radius 2 is 1.79 bits per heavy atom. The van der Waals surface area contributed by atoms with E-state index >= 15 is 0 Å². The van der Waals surface area contributed by atoms with E-state index in [2.05, 4.69) is 15.9 Å². The third-order valence-electron chi connectivity index (χ3n) is 2.71. The van der Waals surface area contributed by atoms with Gasteiger partial charge < -0.3 is 5.73 Å². The van der Waals surface area contributed by atoms with Gasteiger partial charge in [0, 0.05) is 27.7 Å². The minimum atomic E-state index is -0.732. The molecule has 0 aliphatic carbocycles. The van der Waals surface area contributed by atoms with Gasteiger partial charge in [-0.1, -0.05) is 22.0 Å². The smallest absolute Gasteiger partial charge is 0.169 e. The summed E-state index contributed by atoms with van der Waals surface area (Å²) in [7, 11) is 0. The molecular formula is C14H10BrF2NO. The number of nitrogen functional groups attached to an aromatic ring is 1. The van der Waals surface area contributed by atoms with Gasteiger partial charge >= 0.3 is 0 Å². The molecule has 2 aromatic carbocycles. The van der Waals surface area contributed by atoms with Gasteiger partial charge in [0.15, 0.2) is 5.78 Å². The van der Waals surface area contributed by atoms with Gasteiger partial charge in [0.1, 0.15) is 11.6 Å². The van der Waals surface area contributed by atoms with Crippen LogP contribution in [0.4, 0.5) is 14.5 Å². The van der Waals surface area contributed by atoms with E-state index in [-0.39, 0.29) is 23.2 Å². The first kappa shape index (κ1) is 13.7. The van der Waals surface area contributed by atoms with Crippen molar-refractivity contribution in [1.29, 1.82) is 0 Å². The molecule has 0 saturated heterocycles. The van der Waals surface area contributed by atoms with Crippen molar-refractivity contribution in [3.8, 4) is 0 Å². The van der Waals surface area contributed by atoms with Crippen molar-refractivity contribution in [2.24, 2.45) is 0 Å². The predicted octanol–water partition coefficient (Wildman–Crippen LogP) is 3.73. The number of carbonyl (C=O) groups is 1. The summed E-state index contributed by atoms with van der Waals surface area (Å²) in [6.07, 6.45) is -0.357. The number of hydrogen-bond donors (Lipinski definition) is 1. The Morgan fingerprint density at radius 3 is 2.37 bits per heavy atom. The number of halogens is 3. The van der Waals surface area contributed by atoms with Crippen molar-refractivity contribution in [2.45, 2.75) is 6.42 Å². The Morgan fingerprint density at radius 1 is 1.16 bits per heavy atom. The van der Waals surface area contributed by atoms with Crippen LogP contribution in [0.3, 0.4) is 0 Å². The first-order chi connectivity index (χ1) is 8.99. The molecular weight excluding hydrogens is 316 g/mol.